The monoisotopic (exact) mass is 509 g/mol. The van der Waals surface area contributed by atoms with Crippen LogP contribution in [0.3, 0.4) is 0 Å². The Morgan fingerprint density at radius 1 is 1.04 bits per heavy atom. The van der Waals surface area contributed by atoms with E-state index in [1.54, 1.807) is 4.90 Å². The number of rotatable bonds is 6. The van der Waals surface area contributed by atoms with Crippen LogP contribution >= 0.6 is 24.0 Å². The molecule has 0 spiro atoms. The molecule has 2 fully saturated rings. The molecule has 2 aliphatic rings. The van der Waals surface area contributed by atoms with Crippen LogP contribution in [0, 0.1) is 0 Å². The van der Waals surface area contributed by atoms with E-state index in [-0.39, 0.29) is 36.0 Å². The lowest BCUT2D eigenvalue weighted by Crippen LogP contribution is -2.54. The molecule has 2 N–H and O–H groups in total. The molecule has 0 unspecified atom stereocenters. The Labute approximate surface area is 185 Å². The molecule has 162 valence electrons. The zero-order chi connectivity index (χ0) is 19.5. The maximum Gasteiger partial charge on any atom is 0.409 e. The number of hydrogen-bond acceptors (Lipinski definition) is 4. The van der Waals surface area contributed by atoms with Gasteiger partial charge in [0.1, 0.15) is 0 Å². The van der Waals surface area contributed by atoms with Crippen molar-refractivity contribution in [1.29, 1.82) is 0 Å². The Balaban J connectivity index is 0.00000392. The summed E-state index contributed by atoms with van der Waals surface area (Å²) < 4.78 is 5.06. The van der Waals surface area contributed by atoms with Crippen LogP contribution in [0.4, 0.5) is 4.79 Å². The second-order valence-corrected chi connectivity index (χ2v) is 7.06. The summed E-state index contributed by atoms with van der Waals surface area (Å²) in [5.41, 5.74) is 0. The molecule has 9 heteroatoms. The second-order valence-electron chi connectivity index (χ2n) is 7.06. The molecule has 2 rings (SSSR count). The van der Waals surface area contributed by atoms with Crippen LogP contribution in [0.15, 0.2) is 4.99 Å². The van der Waals surface area contributed by atoms with E-state index in [2.05, 4.69) is 20.5 Å². The SMILES string of the molecule is CCNC(=NCCC(=O)NC1CCCCC1)N1CCN(C(=O)OCC)CC1.I. The highest BCUT2D eigenvalue weighted by molar-refractivity contribution is 14.0. The van der Waals surface area contributed by atoms with Crippen LogP contribution in [-0.4, -0.2) is 79.7 Å². The maximum absolute atomic E-state index is 12.1. The summed E-state index contributed by atoms with van der Waals surface area (Å²) in [7, 11) is 0. The van der Waals surface area contributed by atoms with E-state index >= 15 is 0 Å². The van der Waals surface area contributed by atoms with Crippen molar-refractivity contribution in [2.45, 2.75) is 58.4 Å². The Kier molecular flexibility index (Phi) is 12.2. The van der Waals surface area contributed by atoms with Gasteiger partial charge >= 0.3 is 6.09 Å². The number of carbonyl (C=O) groups excluding carboxylic acids is 2. The van der Waals surface area contributed by atoms with Crippen molar-refractivity contribution in [3.8, 4) is 0 Å². The number of aliphatic imine (C=N–C) groups is 1. The topological polar surface area (TPSA) is 86.3 Å². The van der Waals surface area contributed by atoms with E-state index in [0.717, 1.165) is 25.3 Å². The summed E-state index contributed by atoms with van der Waals surface area (Å²) in [5, 5.41) is 6.42. The normalized spacial score (nSPS) is 18.3. The van der Waals surface area contributed by atoms with Gasteiger partial charge in [-0.1, -0.05) is 19.3 Å². The molecule has 0 bridgehead atoms. The average Bonchev–Trinajstić information content (AvgIpc) is 2.68. The van der Waals surface area contributed by atoms with Gasteiger partial charge in [-0.2, -0.15) is 0 Å². The summed E-state index contributed by atoms with van der Waals surface area (Å²) >= 11 is 0. The molecule has 1 saturated heterocycles. The van der Waals surface area contributed by atoms with Gasteiger partial charge in [0.25, 0.3) is 0 Å². The predicted octanol–water partition coefficient (Wildman–Crippen LogP) is 2.18. The summed E-state index contributed by atoms with van der Waals surface area (Å²) in [6.45, 7) is 8.12. The lowest BCUT2D eigenvalue weighted by molar-refractivity contribution is -0.121. The lowest BCUT2D eigenvalue weighted by Gasteiger charge is -2.35. The van der Waals surface area contributed by atoms with E-state index in [9.17, 15) is 9.59 Å². The quantitative estimate of drug-likeness (QED) is 0.326. The number of halogens is 1. The van der Waals surface area contributed by atoms with Crippen LogP contribution < -0.4 is 10.6 Å². The van der Waals surface area contributed by atoms with E-state index in [4.69, 9.17) is 4.74 Å². The number of ether oxygens (including phenoxy) is 1. The molecule has 1 saturated carbocycles. The molecule has 0 atom stereocenters. The van der Waals surface area contributed by atoms with E-state index in [1.165, 1.54) is 19.3 Å². The molecule has 0 aromatic rings. The van der Waals surface area contributed by atoms with E-state index in [0.29, 0.717) is 51.8 Å². The summed E-state index contributed by atoms with van der Waals surface area (Å²) in [5.74, 6) is 0.903. The average molecular weight is 509 g/mol. The molecule has 1 aliphatic heterocycles. The second kappa shape index (κ2) is 13.8. The van der Waals surface area contributed by atoms with Crippen molar-refractivity contribution in [2.75, 3.05) is 45.9 Å². The molecule has 2 amide bonds. The molecule has 28 heavy (non-hydrogen) atoms. The van der Waals surface area contributed by atoms with Crippen LogP contribution in [0.5, 0.6) is 0 Å². The molecule has 1 heterocycles. The van der Waals surface area contributed by atoms with Crippen molar-refractivity contribution in [3.63, 3.8) is 0 Å². The van der Waals surface area contributed by atoms with Crippen molar-refractivity contribution in [1.82, 2.24) is 20.4 Å². The van der Waals surface area contributed by atoms with Crippen LogP contribution in [0.25, 0.3) is 0 Å². The number of piperazine rings is 1. The number of guanidine groups is 1. The number of nitrogens with zero attached hydrogens (tertiary/aromatic N) is 3. The first-order chi connectivity index (χ1) is 13.1. The van der Waals surface area contributed by atoms with Crippen molar-refractivity contribution < 1.29 is 14.3 Å². The van der Waals surface area contributed by atoms with Gasteiger partial charge in [0.05, 0.1) is 13.2 Å². The molecule has 0 aromatic carbocycles. The van der Waals surface area contributed by atoms with Gasteiger partial charge in [-0.25, -0.2) is 4.79 Å². The van der Waals surface area contributed by atoms with Gasteiger partial charge < -0.3 is 25.2 Å². The Morgan fingerprint density at radius 3 is 2.29 bits per heavy atom. The zero-order valence-corrected chi connectivity index (χ0v) is 19.6. The number of carbonyl (C=O) groups is 2. The highest BCUT2D eigenvalue weighted by Gasteiger charge is 2.23. The van der Waals surface area contributed by atoms with Crippen molar-refractivity contribution in [3.05, 3.63) is 0 Å². The highest BCUT2D eigenvalue weighted by Crippen LogP contribution is 2.17. The third-order valence-electron chi connectivity index (χ3n) is 5.01. The van der Waals surface area contributed by atoms with E-state index < -0.39 is 0 Å². The molecule has 0 radical (unpaired) electrons. The number of hydrogen-bond donors (Lipinski definition) is 2. The van der Waals surface area contributed by atoms with Gasteiger partial charge in [0.15, 0.2) is 5.96 Å². The Morgan fingerprint density at radius 2 is 1.68 bits per heavy atom. The number of nitrogens with one attached hydrogen (secondary N) is 2. The Bertz CT molecular complexity index is 504. The first-order valence-corrected chi connectivity index (χ1v) is 10.4. The minimum atomic E-state index is -0.251. The van der Waals surface area contributed by atoms with Gasteiger partial charge in [0.2, 0.25) is 5.91 Å². The zero-order valence-electron chi connectivity index (χ0n) is 17.2. The third kappa shape index (κ3) is 8.40. The largest absolute Gasteiger partial charge is 0.450 e. The smallest absolute Gasteiger partial charge is 0.409 e. The summed E-state index contributed by atoms with van der Waals surface area (Å²) in [6, 6.07) is 0.347. The lowest BCUT2D eigenvalue weighted by atomic mass is 9.95. The van der Waals surface area contributed by atoms with E-state index in [1.807, 2.05) is 13.8 Å². The van der Waals surface area contributed by atoms with Gasteiger partial charge in [-0.3, -0.25) is 9.79 Å². The fourth-order valence-electron chi connectivity index (χ4n) is 3.55. The highest BCUT2D eigenvalue weighted by atomic mass is 127. The molecule has 8 nitrogen and oxygen atoms in total. The fraction of sp³-hybridized carbons (Fsp3) is 0.842. The standard InChI is InChI=1S/C19H35N5O3.HI/c1-3-20-18(23-12-14-24(15-13-23)19(26)27-4-2)21-11-10-17(25)22-16-8-6-5-7-9-16;/h16H,3-15H2,1-2H3,(H,20,21)(H,22,25);1H. The van der Waals surface area contributed by atoms with Gasteiger partial charge in [-0.05, 0) is 26.7 Å². The third-order valence-corrected chi connectivity index (χ3v) is 5.01. The minimum Gasteiger partial charge on any atom is -0.450 e. The first kappa shape index (κ1) is 24.8. The van der Waals surface area contributed by atoms with Crippen molar-refractivity contribution in [2.24, 2.45) is 4.99 Å². The van der Waals surface area contributed by atoms with Crippen molar-refractivity contribution >= 4 is 41.9 Å². The molecule has 1 aliphatic carbocycles. The summed E-state index contributed by atoms with van der Waals surface area (Å²) in [4.78, 5) is 32.4. The summed E-state index contributed by atoms with van der Waals surface area (Å²) in [6.07, 6.45) is 6.07. The van der Waals surface area contributed by atoms with Gasteiger partial charge in [-0.15, -0.1) is 24.0 Å². The first-order valence-electron chi connectivity index (χ1n) is 10.4. The predicted molar refractivity (Wildman–Crippen MR) is 121 cm³/mol. The molecule has 0 aromatic heterocycles. The maximum atomic E-state index is 12.1. The van der Waals surface area contributed by atoms with Crippen LogP contribution in [-0.2, 0) is 9.53 Å². The minimum absolute atomic E-state index is 0. The Hall–Kier alpha value is -1.26. The molecular weight excluding hydrogens is 473 g/mol. The van der Waals surface area contributed by atoms with Crippen LogP contribution in [0.2, 0.25) is 0 Å². The van der Waals surface area contributed by atoms with Gasteiger partial charge in [0, 0.05) is 45.2 Å². The molecular formula is C19H36IN5O3. The number of amides is 2. The van der Waals surface area contributed by atoms with Crippen LogP contribution in [0.1, 0.15) is 52.4 Å². The fourth-order valence-corrected chi connectivity index (χ4v) is 3.55.